The van der Waals surface area contributed by atoms with E-state index in [1.165, 1.54) is 0 Å². The quantitative estimate of drug-likeness (QED) is 0.824. The van der Waals surface area contributed by atoms with Gasteiger partial charge in [-0.25, -0.2) is 0 Å². The summed E-state index contributed by atoms with van der Waals surface area (Å²) in [4.78, 5) is 16.2. The SMILES string of the molecule is CCCOc1nc(N)nc(NCc2cnccc2C)n1. The Kier molecular flexibility index (Phi) is 4.65. The van der Waals surface area contributed by atoms with Crippen LogP contribution < -0.4 is 15.8 Å². The minimum absolute atomic E-state index is 0.136. The molecule has 0 saturated heterocycles. The highest BCUT2D eigenvalue weighted by molar-refractivity contribution is 5.34. The van der Waals surface area contributed by atoms with Crippen molar-refractivity contribution in [1.29, 1.82) is 0 Å². The molecule has 106 valence electrons. The monoisotopic (exact) mass is 274 g/mol. The zero-order valence-corrected chi connectivity index (χ0v) is 11.6. The highest BCUT2D eigenvalue weighted by atomic mass is 16.5. The summed E-state index contributed by atoms with van der Waals surface area (Å²) in [5.74, 6) is 0.531. The van der Waals surface area contributed by atoms with Crippen molar-refractivity contribution in [3.05, 3.63) is 29.6 Å². The lowest BCUT2D eigenvalue weighted by Gasteiger charge is -2.09. The van der Waals surface area contributed by atoms with E-state index in [4.69, 9.17) is 10.5 Å². The van der Waals surface area contributed by atoms with Gasteiger partial charge in [-0.05, 0) is 30.5 Å². The van der Waals surface area contributed by atoms with Crippen molar-refractivity contribution in [3.63, 3.8) is 0 Å². The average Bonchev–Trinajstić information content (AvgIpc) is 2.44. The van der Waals surface area contributed by atoms with Crippen molar-refractivity contribution in [3.8, 4) is 6.01 Å². The smallest absolute Gasteiger partial charge is 0.323 e. The van der Waals surface area contributed by atoms with Crippen LogP contribution in [0.1, 0.15) is 24.5 Å². The topological polar surface area (TPSA) is 98.8 Å². The number of nitrogens with two attached hydrogens (primary N) is 1. The summed E-state index contributed by atoms with van der Waals surface area (Å²) in [5, 5.41) is 3.10. The molecular weight excluding hydrogens is 256 g/mol. The summed E-state index contributed by atoms with van der Waals surface area (Å²) in [6.07, 6.45) is 4.45. The van der Waals surface area contributed by atoms with Gasteiger partial charge in [0.25, 0.3) is 0 Å². The number of hydrogen-bond acceptors (Lipinski definition) is 7. The van der Waals surface area contributed by atoms with E-state index in [2.05, 4.69) is 25.3 Å². The van der Waals surface area contributed by atoms with E-state index in [1.54, 1.807) is 12.4 Å². The van der Waals surface area contributed by atoms with Crippen LogP contribution in [-0.4, -0.2) is 26.5 Å². The Balaban J connectivity index is 2.05. The Morgan fingerprint density at radius 1 is 1.30 bits per heavy atom. The number of nitrogens with zero attached hydrogens (tertiary/aromatic N) is 4. The predicted molar refractivity (Wildman–Crippen MR) is 76.3 cm³/mol. The molecule has 2 aromatic rings. The van der Waals surface area contributed by atoms with Crippen molar-refractivity contribution in [2.45, 2.75) is 26.8 Å². The van der Waals surface area contributed by atoms with Crippen LogP contribution >= 0.6 is 0 Å². The Bertz CT molecular complexity index is 575. The predicted octanol–water partition coefficient (Wildman–Crippen LogP) is 1.56. The standard InChI is InChI=1S/C13H18N6O/c1-3-6-20-13-18-11(14)17-12(19-13)16-8-10-7-15-5-4-9(10)2/h4-5,7H,3,6,8H2,1-2H3,(H3,14,16,17,18,19). The van der Waals surface area contributed by atoms with E-state index in [-0.39, 0.29) is 12.0 Å². The molecule has 0 spiro atoms. The van der Waals surface area contributed by atoms with E-state index in [0.29, 0.717) is 19.1 Å². The number of nitrogens with one attached hydrogen (secondary N) is 1. The van der Waals surface area contributed by atoms with Gasteiger partial charge in [0.15, 0.2) is 0 Å². The van der Waals surface area contributed by atoms with Crippen LogP contribution in [0.15, 0.2) is 18.5 Å². The largest absolute Gasteiger partial charge is 0.463 e. The lowest BCUT2D eigenvalue weighted by atomic mass is 10.2. The zero-order chi connectivity index (χ0) is 14.4. The average molecular weight is 274 g/mol. The molecule has 0 unspecified atom stereocenters. The van der Waals surface area contributed by atoms with Gasteiger partial charge in [-0.15, -0.1) is 0 Å². The molecule has 0 radical (unpaired) electrons. The summed E-state index contributed by atoms with van der Waals surface area (Å²) in [6.45, 7) is 5.14. The van der Waals surface area contributed by atoms with E-state index >= 15 is 0 Å². The summed E-state index contributed by atoms with van der Waals surface area (Å²) >= 11 is 0. The lowest BCUT2D eigenvalue weighted by molar-refractivity contribution is 0.292. The first-order chi connectivity index (χ1) is 9.69. The molecule has 20 heavy (non-hydrogen) atoms. The maximum Gasteiger partial charge on any atom is 0.323 e. The van der Waals surface area contributed by atoms with Gasteiger partial charge in [-0.3, -0.25) is 4.98 Å². The molecule has 0 fully saturated rings. The summed E-state index contributed by atoms with van der Waals surface area (Å²) < 4.78 is 5.36. The van der Waals surface area contributed by atoms with Crippen molar-refractivity contribution in [2.75, 3.05) is 17.7 Å². The minimum atomic E-state index is 0.136. The van der Waals surface area contributed by atoms with Crippen LogP contribution in [-0.2, 0) is 6.54 Å². The van der Waals surface area contributed by atoms with Gasteiger partial charge in [0.1, 0.15) is 0 Å². The summed E-state index contributed by atoms with van der Waals surface area (Å²) in [6, 6.07) is 2.19. The van der Waals surface area contributed by atoms with Crippen molar-refractivity contribution in [2.24, 2.45) is 0 Å². The number of anilines is 2. The molecule has 0 aliphatic rings. The Morgan fingerprint density at radius 2 is 2.15 bits per heavy atom. The van der Waals surface area contributed by atoms with E-state index < -0.39 is 0 Å². The molecule has 3 N–H and O–H groups in total. The van der Waals surface area contributed by atoms with Gasteiger partial charge in [0.2, 0.25) is 11.9 Å². The number of ether oxygens (including phenoxy) is 1. The summed E-state index contributed by atoms with van der Waals surface area (Å²) in [7, 11) is 0. The number of aryl methyl sites for hydroxylation is 1. The van der Waals surface area contributed by atoms with E-state index in [9.17, 15) is 0 Å². The molecule has 2 rings (SSSR count). The van der Waals surface area contributed by atoms with Gasteiger partial charge < -0.3 is 15.8 Å². The van der Waals surface area contributed by atoms with E-state index in [1.807, 2.05) is 19.9 Å². The molecule has 2 aromatic heterocycles. The Labute approximate surface area is 117 Å². The first-order valence-electron chi connectivity index (χ1n) is 6.46. The molecule has 7 heteroatoms. The number of rotatable bonds is 6. The highest BCUT2D eigenvalue weighted by Crippen LogP contribution is 2.11. The van der Waals surface area contributed by atoms with Crippen molar-refractivity contribution in [1.82, 2.24) is 19.9 Å². The zero-order valence-electron chi connectivity index (χ0n) is 11.6. The molecule has 0 aliphatic heterocycles. The molecule has 0 bridgehead atoms. The highest BCUT2D eigenvalue weighted by Gasteiger charge is 2.06. The second kappa shape index (κ2) is 6.65. The fraction of sp³-hybridized carbons (Fsp3) is 0.385. The fourth-order valence-corrected chi connectivity index (χ4v) is 1.57. The Morgan fingerprint density at radius 3 is 2.90 bits per heavy atom. The van der Waals surface area contributed by atoms with Crippen LogP contribution in [0.2, 0.25) is 0 Å². The number of pyridine rings is 1. The van der Waals surface area contributed by atoms with Crippen LogP contribution in [0.4, 0.5) is 11.9 Å². The fourth-order valence-electron chi connectivity index (χ4n) is 1.57. The van der Waals surface area contributed by atoms with Crippen molar-refractivity contribution < 1.29 is 4.74 Å². The van der Waals surface area contributed by atoms with Gasteiger partial charge >= 0.3 is 6.01 Å². The van der Waals surface area contributed by atoms with Crippen LogP contribution in [0.5, 0.6) is 6.01 Å². The van der Waals surface area contributed by atoms with Gasteiger partial charge in [0.05, 0.1) is 6.61 Å². The maximum absolute atomic E-state index is 5.64. The molecule has 7 nitrogen and oxygen atoms in total. The van der Waals surface area contributed by atoms with Crippen LogP contribution in [0, 0.1) is 6.92 Å². The molecule has 0 aliphatic carbocycles. The third kappa shape index (κ3) is 3.78. The normalized spacial score (nSPS) is 10.3. The first-order valence-corrected chi connectivity index (χ1v) is 6.46. The Hall–Kier alpha value is -2.44. The number of hydrogen-bond donors (Lipinski definition) is 2. The number of nitrogen functional groups attached to an aromatic ring is 1. The van der Waals surface area contributed by atoms with Gasteiger partial charge in [0, 0.05) is 18.9 Å². The van der Waals surface area contributed by atoms with Crippen molar-refractivity contribution >= 4 is 11.9 Å². The van der Waals surface area contributed by atoms with E-state index in [0.717, 1.165) is 17.5 Å². The van der Waals surface area contributed by atoms with Gasteiger partial charge in [-0.1, -0.05) is 6.92 Å². The molecule has 0 amide bonds. The first kappa shape index (κ1) is 14.0. The van der Waals surface area contributed by atoms with Crippen LogP contribution in [0.3, 0.4) is 0 Å². The summed E-state index contributed by atoms with van der Waals surface area (Å²) in [5.41, 5.74) is 7.86. The molecule has 0 aromatic carbocycles. The molecule has 2 heterocycles. The number of aromatic nitrogens is 4. The minimum Gasteiger partial charge on any atom is -0.463 e. The second-order valence-electron chi connectivity index (χ2n) is 4.30. The lowest BCUT2D eigenvalue weighted by Crippen LogP contribution is -2.10. The van der Waals surface area contributed by atoms with Crippen LogP contribution in [0.25, 0.3) is 0 Å². The van der Waals surface area contributed by atoms with Gasteiger partial charge in [-0.2, -0.15) is 15.0 Å². The third-order valence-electron chi connectivity index (χ3n) is 2.65. The molecule has 0 atom stereocenters. The molecule has 0 saturated carbocycles. The second-order valence-corrected chi connectivity index (χ2v) is 4.30. The maximum atomic E-state index is 5.64. The third-order valence-corrected chi connectivity index (χ3v) is 2.65. The molecular formula is C13H18N6O.